The van der Waals surface area contributed by atoms with Gasteiger partial charge in [-0.2, -0.15) is 0 Å². The predicted octanol–water partition coefficient (Wildman–Crippen LogP) is 6.74. The lowest BCUT2D eigenvalue weighted by Crippen LogP contribution is -2.47. The second kappa shape index (κ2) is 11.4. The minimum Gasteiger partial charge on any atom is -0.378 e. The van der Waals surface area contributed by atoms with Crippen LogP contribution in [0.5, 0.6) is 0 Å². The maximum Gasteiger partial charge on any atom is 0.318 e. The lowest BCUT2D eigenvalue weighted by atomic mass is 9.65. The van der Waals surface area contributed by atoms with Crippen molar-refractivity contribution in [3.63, 3.8) is 0 Å². The Labute approximate surface area is 228 Å². The van der Waals surface area contributed by atoms with Crippen LogP contribution in [0.3, 0.4) is 0 Å². The lowest BCUT2D eigenvalue weighted by molar-refractivity contribution is 0.0520. The van der Waals surface area contributed by atoms with E-state index >= 15 is 0 Å². The van der Waals surface area contributed by atoms with Gasteiger partial charge in [0, 0.05) is 36.0 Å². The molecule has 3 aliphatic rings. The fourth-order valence-corrected chi connectivity index (χ4v) is 6.37. The summed E-state index contributed by atoms with van der Waals surface area (Å²) in [6.45, 7) is 4.56. The maximum absolute atomic E-state index is 13.4. The fourth-order valence-electron chi connectivity index (χ4n) is 6.17. The van der Waals surface area contributed by atoms with E-state index in [-0.39, 0.29) is 29.2 Å². The van der Waals surface area contributed by atoms with Crippen molar-refractivity contribution in [3.8, 4) is 0 Å². The van der Waals surface area contributed by atoms with Crippen molar-refractivity contribution < 1.29 is 13.9 Å². The Morgan fingerprint density at radius 1 is 1.29 bits per heavy atom. The van der Waals surface area contributed by atoms with E-state index in [4.69, 9.17) is 26.7 Å². The average molecular weight is 537 g/mol. The van der Waals surface area contributed by atoms with Crippen molar-refractivity contribution in [2.45, 2.75) is 38.6 Å². The van der Waals surface area contributed by atoms with Gasteiger partial charge in [-0.15, -0.1) is 0 Å². The highest BCUT2D eigenvalue weighted by Gasteiger charge is 2.47. The van der Waals surface area contributed by atoms with Crippen LogP contribution in [0.1, 0.15) is 44.2 Å². The molecule has 2 fully saturated rings. The molecule has 1 saturated heterocycles. The Morgan fingerprint density at radius 3 is 2.76 bits per heavy atom. The molecule has 1 heterocycles. The summed E-state index contributed by atoms with van der Waals surface area (Å²) >= 11 is 6.35. The van der Waals surface area contributed by atoms with Gasteiger partial charge in [-0.3, -0.25) is 4.99 Å². The zero-order valence-corrected chi connectivity index (χ0v) is 22.4. The zero-order valence-electron chi connectivity index (χ0n) is 21.6. The molecule has 0 bridgehead atoms. The first-order valence-corrected chi connectivity index (χ1v) is 13.7. The van der Waals surface area contributed by atoms with Gasteiger partial charge in [0.25, 0.3) is 0 Å². The van der Waals surface area contributed by atoms with Gasteiger partial charge in [0.05, 0.1) is 24.9 Å². The number of benzene rings is 2. The van der Waals surface area contributed by atoms with Crippen LogP contribution in [-0.4, -0.2) is 49.2 Å². The minimum atomic E-state index is -0.291. The Balaban J connectivity index is 1.40. The largest absolute Gasteiger partial charge is 0.378 e. The van der Waals surface area contributed by atoms with Crippen molar-refractivity contribution in [2.24, 2.45) is 22.2 Å². The van der Waals surface area contributed by atoms with Gasteiger partial charge < -0.3 is 20.4 Å². The number of morpholine rings is 1. The summed E-state index contributed by atoms with van der Waals surface area (Å²) < 4.78 is 18.8. The Bertz CT molecular complexity index is 1240. The first-order chi connectivity index (χ1) is 18.4. The third-order valence-corrected chi connectivity index (χ3v) is 8.63. The standard InChI is InChI=1S/C30H34ClFN4O2/c1-30-18-21(19-33)28(34-26-9-7-25(32)8-10-26)17-23(30)6-5-22(30)16-27(20-3-2-4-24(31)15-20)35-29(37)36-11-13-38-14-12-36/h2-4,7-10,15,17,19,21-22,27,33H,5-6,11-14,16,18H2,1H3,(H,35,37). The van der Waals surface area contributed by atoms with E-state index in [1.165, 1.54) is 23.9 Å². The topological polar surface area (TPSA) is 77.8 Å². The SMILES string of the molecule is CC12CC(C=N)C(=Nc3ccc(F)cc3)C=C1CCC2CC(NC(=O)N1CCOCC1)c1cccc(Cl)c1. The summed E-state index contributed by atoms with van der Waals surface area (Å²) in [5.74, 6) is -0.0970. The summed E-state index contributed by atoms with van der Waals surface area (Å²) in [5.41, 5.74) is 3.77. The molecule has 200 valence electrons. The van der Waals surface area contributed by atoms with Crippen molar-refractivity contribution in [2.75, 3.05) is 26.3 Å². The number of nitrogens with zero attached hydrogens (tertiary/aromatic N) is 2. The van der Waals surface area contributed by atoms with Crippen LogP contribution in [-0.2, 0) is 4.74 Å². The van der Waals surface area contributed by atoms with Gasteiger partial charge in [-0.25, -0.2) is 9.18 Å². The maximum atomic E-state index is 13.4. The number of halogens is 2. The van der Waals surface area contributed by atoms with Crippen molar-refractivity contribution >= 4 is 35.2 Å². The van der Waals surface area contributed by atoms with Gasteiger partial charge in [-0.1, -0.05) is 36.2 Å². The van der Waals surface area contributed by atoms with Crippen LogP contribution in [0.15, 0.2) is 65.2 Å². The molecule has 4 atom stereocenters. The highest BCUT2D eigenvalue weighted by Crippen LogP contribution is 2.56. The van der Waals surface area contributed by atoms with Gasteiger partial charge in [0.1, 0.15) is 5.82 Å². The number of hydrogen-bond donors (Lipinski definition) is 2. The van der Waals surface area contributed by atoms with Gasteiger partial charge in [-0.05, 0) is 85.1 Å². The third-order valence-electron chi connectivity index (χ3n) is 8.40. The molecule has 0 radical (unpaired) electrons. The molecule has 2 aliphatic carbocycles. The Kier molecular flexibility index (Phi) is 7.96. The highest BCUT2D eigenvalue weighted by molar-refractivity contribution is 6.30. The molecule has 2 aromatic rings. The summed E-state index contributed by atoms with van der Waals surface area (Å²) in [6, 6.07) is 13.6. The summed E-state index contributed by atoms with van der Waals surface area (Å²) in [4.78, 5) is 19.8. The first-order valence-electron chi connectivity index (χ1n) is 13.3. The number of ether oxygens (including phenoxy) is 1. The van der Waals surface area contributed by atoms with E-state index in [1.807, 2.05) is 29.2 Å². The number of rotatable bonds is 6. The number of urea groups is 1. The number of allylic oxidation sites excluding steroid dienone is 2. The molecule has 1 aliphatic heterocycles. The summed E-state index contributed by atoms with van der Waals surface area (Å²) in [6.07, 6.45) is 7.15. The first kappa shape index (κ1) is 26.6. The summed E-state index contributed by atoms with van der Waals surface area (Å²) in [5, 5.41) is 12.1. The average Bonchev–Trinajstić information content (AvgIpc) is 3.24. The molecule has 2 N–H and O–H groups in total. The van der Waals surface area contributed by atoms with E-state index in [9.17, 15) is 9.18 Å². The van der Waals surface area contributed by atoms with E-state index in [1.54, 1.807) is 12.1 Å². The second-order valence-corrected chi connectivity index (χ2v) is 11.1. The molecule has 2 aromatic carbocycles. The molecule has 8 heteroatoms. The quantitative estimate of drug-likeness (QED) is 0.401. The highest BCUT2D eigenvalue weighted by atomic mass is 35.5. The molecule has 0 aromatic heterocycles. The van der Waals surface area contributed by atoms with Gasteiger partial charge in [0.15, 0.2) is 0 Å². The number of fused-ring (bicyclic) bond motifs is 1. The normalized spacial score (nSPS) is 27.0. The van der Waals surface area contributed by atoms with Crippen LogP contribution >= 0.6 is 11.6 Å². The van der Waals surface area contributed by atoms with Crippen LogP contribution in [0.2, 0.25) is 5.02 Å². The minimum absolute atomic E-state index is 0.0769. The number of nitrogens with one attached hydrogen (secondary N) is 2. The van der Waals surface area contributed by atoms with E-state index < -0.39 is 0 Å². The Morgan fingerprint density at radius 2 is 2.05 bits per heavy atom. The van der Waals surface area contributed by atoms with Crippen LogP contribution in [0, 0.1) is 28.5 Å². The molecular weight excluding hydrogens is 503 g/mol. The number of carbonyl (C=O) groups excluding carboxylic acids is 1. The van der Waals surface area contributed by atoms with Crippen molar-refractivity contribution in [1.82, 2.24) is 10.2 Å². The number of amides is 2. The van der Waals surface area contributed by atoms with Crippen LogP contribution < -0.4 is 5.32 Å². The lowest BCUT2D eigenvalue weighted by Gasteiger charge is -2.40. The van der Waals surface area contributed by atoms with Gasteiger partial charge >= 0.3 is 6.03 Å². The molecule has 6 nitrogen and oxygen atoms in total. The number of hydrogen-bond acceptors (Lipinski definition) is 4. The number of carbonyl (C=O) groups is 1. The molecule has 0 spiro atoms. The van der Waals surface area contributed by atoms with E-state index in [0.717, 1.165) is 37.0 Å². The predicted molar refractivity (Wildman–Crippen MR) is 149 cm³/mol. The molecule has 5 rings (SSSR count). The molecule has 38 heavy (non-hydrogen) atoms. The molecule has 4 unspecified atom stereocenters. The van der Waals surface area contributed by atoms with Crippen molar-refractivity contribution in [1.29, 1.82) is 5.41 Å². The molecule has 2 amide bonds. The van der Waals surface area contributed by atoms with Crippen molar-refractivity contribution in [3.05, 3.63) is 76.6 Å². The third kappa shape index (κ3) is 5.69. The monoisotopic (exact) mass is 536 g/mol. The van der Waals surface area contributed by atoms with E-state index in [0.29, 0.717) is 42.9 Å². The molecular formula is C30H34ClFN4O2. The second-order valence-electron chi connectivity index (χ2n) is 10.7. The van der Waals surface area contributed by atoms with E-state index in [2.05, 4.69) is 18.3 Å². The molecule has 1 saturated carbocycles. The fraction of sp³-hybridized carbons (Fsp3) is 0.433. The number of aliphatic imine (C=N–C) groups is 1. The van der Waals surface area contributed by atoms with Crippen LogP contribution in [0.25, 0.3) is 0 Å². The zero-order chi connectivity index (χ0) is 26.7. The van der Waals surface area contributed by atoms with Gasteiger partial charge in [0.2, 0.25) is 0 Å². The Hall–Kier alpha value is -3.03. The van der Waals surface area contributed by atoms with Crippen LogP contribution in [0.4, 0.5) is 14.9 Å². The summed E-state index contributed by atoms with van der Waals surface area (Å²) in [7, 11) is 0. The smallest absolute Gasteiger partial charge is 0.318 e.